The van der Waals surface area contributed by atoms with E-state index < -0.39 is 5.91 Å². The van der Waals surface area contributed by atoms with Crippen molar-refractivity contribution in [3.63, 3.8) is 0 Å². The van der Waals surface area contributed by atoms with Gasteiger partial charge in [0.05, 0.1) is 44.5 Å². The number of carbonyl (C=O) groups excluding carboxylic acids is 1. The van der Waals surface area contributed by atoms with Crippen LogP contribution in [0.3, 0.4) is 0 Å². The fourth-order valence-corrected chi connectivity index (χ4v) is 2.73. The number of carbonyl (C=O) groups is 1. The third kappa shape index (κ3) is 4.85. The molecule has 2 heterocycles. The molecule has 0 saturated carbocycles. The van der Waals surface area contributed by atoms with Gasteiger partial charge in [-0.25, -0.2) is 10.8 Å². The summed E-state index contributed by atoms with van der Waals surface area (Å²) in [5, 5.41) is 1.09. The number of hydrogen-bond acceptors (Lipinski definition) is 7. The van der Waals surface area contributed by atoms with Crippen molar-refractivity contribution in [3.8, 4) is 22.8 Å². The summed E-state index contributed by atoms with van der Waals surface area (Å²) in [6, 6.07) is 9.24. The van der Waals surface area contributed by atoms with E-state index in [1.807, 2.05) is 38.1 Å². The number of pyridine rings is 1. The van der Waals surface area contributed by atoms with Crippen LogP contribution in [0.5, 0.6) is 11.5 Å². The van der Waals surface area contributed by atoms with Gasteiger partial charge in [-0.2, -0.15) is 0 Å². The zero-order chi connectivity index (χ0) is 20.8. The Labute approximate surface area is 169 Å². The molecule has 8 nitrogen and oxygen atoms in total. The van der Waals surface area contributed by atoms with E-state index in [9.17, 15) is 4.79 Å². The number of aryl methyl sites for hydroxylation is 1. The Bertz CT molecular complexity index is 992. The van der Waals surface area contributed by atoms with E-state index in [1.54, 1.807) is 25.6 Å². The van der Waals surface area contributed by atoms with Gasteiger partial charge in [0.25, 0.3) is 5.91 Å². The van der Waals surface area contributed by atoms with E-state index in [1.165, 1.54) is 6.20 Å². The number of ether oxygens (including phenoxy) is 2. The monoisotopic (exact) mass is 393 g/mol. The van der Waals surface area contributed by atoms with Crippen molar-refractivity contribution in [2.24, 2.45) is 5.84 Å². The molecular formula is C21H23N5O3. The Balaban J connectivity index is 1.78. The largest absolute Gasteiger partial charge is 0.495 e. The van der Waals surface area contributed by atoms with Gasteiger partial charge in [-0.05, 0) is 49.7 Å². The van der Waals surface area contributed by atoms with Crippen molar-refractivity contribution in [2.45, 2.75) is 20.4 Å². The summed E-state index contributed by atoms with van der Waals surface area (Å²) < 4.78 is 10.6. The molecule has 0 aliphatic carbocycles. The van der Waals surface area contributed by atoms with Crippen LogP contribution in [0.15, 0.2) is 48.9 Å². The van der Waals surface area contributed by atoms with E-state index in [4.69, 9.17) is 15.3 Å². The first-order valence-electron chi connectivity index (χ1n) is 9.13. The molecule has 0 fully saturated rings. The highest BCUT2D eigenvalue weighted by Crippen LogP contribution is 2.21. The molecule has 0 unspecified atom stereocenters. The minimum atomic E-state index is -0.437. The lowest BCUT2D eigenvalue weighted by Crippen LogP contribution is -2.37. The second kappa shape index (κ2) is 9.11. The van der Waals surface area contributed by atoms with Crippen LogP contribution in [0.4, 0.5) is 0 Å². The molecule has 2 N–H and O–H groups in total. The Morgan fingerprint density at radius 1 is 1.14 bits per heavy atom. The lowest BCUT2D eigenvalue weighted by atomic mass is 10.1. The first kappa shape index (κ1) is 20.2. The normalized spacial score (nSPS) is 10.5. The highest BCUT2D eigenvalue weighted by atomic mass is 16.5. The number of nitrogens with two attached hydrogens (primary N) is 1. The van der Waals surface area contributed by atoms with Crippen LogP contribution in [-0.4, -0.2) is 39.6 Å². The Morgan fingerprint density at radius 2 is 1.90 bits per heavy atom. The fraction of sp³-hybridized carbons (Fsp3) is 0.238. The van der Waals surface area contributed by atoms with Crippen molar-refractivity contribution in [3.05, 3.63) is 65.9 Å². The molecule has 0 saturated heterocycles. The van der Waals surface area contributed by atoms with Gasteiger partial charge in [-0.15, -0.1) is 0 Å². The van der Waals surface area contributed by atoms with Gasteiger partial charge in [0.15, 0.2) is 0 Å². The molecule has 0 atom stereocenters. The zero-order valence-electron chi connectivity index (χ0n) is 16.6. The quantitative estimate of drug-likeness (QED) is 0.374. The van der Waals surface area contributed by atoms with Crippen molar-refractivity contribution in [2.75, 3.05) is 13.7 Å². The van der Waals surface area contributed by atoms with Crippen LogP contribution in [0.2, 0.25) is 0 Å². The Hall–Kier alpha value is -3.52. The summed E-state index contributed by atoms with van der Waals surface area (Å²) in [6.45, 7) is 4.54. The van der Waals surface area contributed by atoms with Gasteiger partial charge in [-0.3, -0.25) is 19.8 Å². The minimum absolute atomic E-state index is 0.160. The molecule has 1 amide bonds. The topological polar surface area (TPSA) is 103 Å². The summed E-state index contributed by atoms with van der Waals surface area (Å²) in [4.78, 5) is 25.6. The Morgan fingerprint density at radius 3 is 2.59 bits per heavy atom. The summed E-state index contributed by atoms with van der Waals surface area (Å²) in [6.07, 6.45) is 4.62. The van der Waals surface area contributed by atoms with Gasteiger partial charge in [-0.1, -0.05) is 0 Å². The maximum atomic E-state index is 12.8. The minimum Gasteiger partial charge on any atom is -0.495 e. The predicted molar refractivity (Wildman–Crippen MR) is 108 cm³/mol. The first-order valence-corrected chi connectivity index (χ1v) is 9.13. The highest BCUT2D eigenvalue weighted by Gasteiger charge is 2.17. The van der Waals surface area contributed by atoms with Crippen molar-refractivity contribution in [1.82, 2.24) is 20.0 Å². The molecule has 0 radical (unpaired) electrons. The summed E-state index contributed by atoms with van der Waals surface area (Å²) >= 11 is 0. The summed E-state index contributed by atoms with van der Waals surface area (Å²) in [5.41, 5.74) is 3.12. The molecule has 3 rings (SSSR count). The van der Waals surface area contributed by atoms with Gasteiger partial charge in [0.1, 0.15) is 17.2 Å². The van der Waals surface area contributed by atoms with Gasteiger partial charge < -0.3 is 9.47 Å². The number of aromatic nitrogens is 3. The average molecular weight is 393 g/mol. The van der Waals surface area contributed by atoms with Crippen molar-refractivity contribution < 1.29 is 14.3 Å². The fourth-order valence-electron chi connectivity index (χ4n) is 2.73. The Kier molecular flexibility index (Phi) is 6.36. The van der Waals surface area contributed by atoms with E-state index in [0.29, 0.717) is 18.1 Å². The molecule has 8 heteroatoms. The molecule has 150 valence electrons. The lowest BCUT2D eigenvalue weighted by Gasteiger charge is -2.18. The number of hydrazine groups is 1. The maximum Gasteiger partial charge on any atom is 0.288 e. The van der Waals surface area contributed by atoms with E-state index in [0.717, 1.165) is 27.6 Å². The molecule has 0 aliphatic rings. The second-order valence-corrected chi connectivity index (χ2v) is 6.30. The third-order valence-corrected chi connectivity index (χ3v) is 4.32. The second-order valence-electron chi connectivity index (χ2n) is 6.30. The van der Waals surface area contributed by atoms with Crippen LogP contribution in [0, 0.1) is 6.92 Å². The number of benzene rings is 1. The standard InChI is InChI=1S/C21H23N5O3/c1-4-29-17-7-5-15(6-8-17)19-11-23-12-20(25-19)21(27)26(22)13-16-9-18(28-3)10-24-14(16)2/h5-12H,4,13,22H2,1-3H3. The van der Waals surface area contributed by atoms with Crippen LogP contribution in [0.1, 0.15) is 28.7 Å². The molecule has 0 aliphatic heterocycles. The third-order valence-electron chi connectivity index (χ3n) is 4.32. The van der Waals surface area contributed by atoms with Crippen molar-refractivity contribution >= 4 is 5.91 Å². The van der Waals surface area contributed by atoms with Crippen LogP contribution in [-0.2, 0) is 6.54 Å². The van der Waals surface area contributed by atoms with E-state index >= 15 is 0 Å². The molecule has 0 spiro atoms. The number of methoxy groups -OCH3 is 1. The smallest absolute Gasteiger partial charge is 0.288 e. The maximum absolute atomic E-state index is 12.8. The number of hydrogen-bond donors (Lipinski definition) is 1. The zero-order valence-corrected chi connectivity index (χ0v) is 16.6. The molecule has 0 bridgehead atoms. The molecule has 1 aromatic carbocycles. The van der Waals surface area contributed by atoms with Crippen LogP contribution >= 0.6 is 0 Å². The first-order chi connectivity index (χ1) is 14.0. The molecule has 3 aromatic rings. The van der Waals surface area contributed by atoms with Crippen molar-refractivity contribution in [1.29, 1.82) is 0 Å². The summed E-state index contributed by atoms with van der Waals surface area (Å²) in [7, 11) is 1.56. The average Bonchev–Trinajstić information content (AvgIpc) is 2.75. The SMILES string of the molecule is CCOc1ccc(-c2cncc(C(=O)N(N)Cc3cc(OC)cnc3C)n2)cc1. The highest BCUT2D eigenvalue weighted by molar-refractivity contribution is 5.92. The van der Waals surface area contributed by atoms with Crippen LogP contribution in [0.25, 0.3) is 11.3 Å². The van der Waals surface area contributed by atoms with E-state index in [-0.39, 0.29) is 12.2 Å². The molecular weight excluding hydrogens is 370 g/mol. The summed E-state index contributed by atoms with van der Waals surface area (Å²) in [5.74, 6) is 6.95. The van der Waals surface area contributed by atoms with E-state index in [2.05, 4.69) is 15.0 Å². The van der Waals surface area contributed by atoms with Gasteiger partial charge in [0.2, 0.25) is 0 Å². The number of amides is 1. The predicted octanol–water partition coefficient (Wildman–Crippen LogP) is 2.77. The lowest BCUT2D eigenvalue weighted by molar-refractivity contribution is 0.0736. The molecule has 29 heavy (non-hydrogen) atoms. The van der Waals surface area contributed by atoms with Crippen LogP contribution < -0.4 is 15.3 Å². The van der Waals surface area contributed by atoms with Gasteiger partial charge in [0, 0.05) is 11.3 Å². The molecule has 2 aromatic heterocycles. The van der Waals surface area contributed by atoms with Gasteiger partial charge >= 0.3 is 0 Å². The number of rotatable bonds is 7. The number of nitrogens with zero attached hydrogens (tertiary/aromatic N) is 4.